The number of aromatic nitrogens is 1. The Labute approximate surface area is 99.1 Å². The van der Waals surface area contributed by atoms with Crippen molar-refractivity contribution in [1.82, 2.24) is 4.98 Å². The van der Waals surface area contributed by atoms with Gasteiger partial charge in [-0.1, -0.05) is 0 Å². The Hall–Kier alpha value is -1.55. The van der Waals surface area contributed by atoms with E-state index in [-0.39, 0.29) is 0 Å². The lowest BCUT2D eigenvalue weighted by Crippen LogP contribution is -1.99. The van der Waals surface area contributed by atoms with E-state index in [1.165, 1.54) is 0 Å². The van der Waals surface area contributed by atoms with Gasteiger partial charge in [0, 0.05) is 11.1 Å². The van der Waals surface area contributed by atoms with E-state index in [9.17, 15) is 0 Å². The normalized spacial score (nSPS) is 10.1. The van der Waals surface area contributed by atoms with Gasteiger partial charge in [-0.25, -0.2) is 4.98 Å². The van der Waals surface area contributed by atoms with Crippen LogP contribution in [-0.4, -0.2) is 11.6 Å². The van der Waals surface area contributed by atoms with Crippen molar-refractivity contribution >= 4 is 17.0 Å². The molecule has 3 nitrogen and oxygen atoms in total. The number of nitrogens with zero attached hydrogens (tertiary/aromatic N) is 1. The van der Waals surface area contributed by atoms with Gasteiger partial charge in [-0.2, -0.15) is 0 Å². The molecule has 0 aliphatic carbocycles. The van der Waals surface area contributed by atoms with E-state index in [0.717, 1.165) is 23.7 Å². The van der Waals surface area contributed by atoms with Crippen molar-refractivity contribution in [3.8, 4) is 5.75 Å². The number of hydrogen-bond acceptors (Lipinski definition) is 4. The predicted octanol–water partition coefficient (Wildman–Crippen LogP) is 3.15. The van der Waals surface area contributed by atoms with Gasteiger partial charge in [0.25, 0.3) is 0 Å². The summed E-state index contributed by atoms with van der Waals surface area (Å²) in [7, 11) is 0. The van der Waals surface area contributed by atoms with Crippen molar-refractivity contribution in [3.63, 3.8) is 0 Å². The summed E-state index contributed by atoms with van der Waals surface area (Å²) in [5.41, 5.74) is 3.99. The minimum atomic E-state index is 0.700. The van der Waals surface area contributed by atoms with Crippen molar-refractivity contribution in [3.05, 3.63) is 40.8 Å². The van der Waals surface area contributed by atoms with Gasteiger partial charge >= 0.3 is 0 Å². The average Bonchev–Trinajstić information content (AvgIpc) is 2.82. The Morgan fingerprint density at radius 3 is 2.75 bits per heavy atom. The van der Waals surface area contributed by atoms with Crippen LogP contribution in [0.15, 0.2) is 35.2 Å². The number of ether oxygens (including phenoxy) is 1. The molecule has 1 aromatic carbocycles. The van der Waals surface area contributed by atoms with E-state index in [0.29, 0.717) is 6.61 Å². The van der Waals surface area contributed by atoms with Crippen LogP contribution >= 0.6 is 11.3 Å². The van der Waals surface area contributed by atoms with Crippen molar-refractivity contribution < 1.29 is 4.74 Å². The molecular weight excluding hydrogens is 220 g/mol. The highest BCUT2D eigenvalue weighted by molar-refractivity contribution is 7.07. The first-order chi connectivity index (χ1) is 7.88. The molecule has 0 saturated carbocycles. The van der Waals surface area contributed by atoms with Crippen LogP contribution in [0.1, 0.15) is 12.6 Å². The monoisotopic (exact) mass is 234 g/mol. The van der Waals surface area contributed by atoms with Crippen LogP contribution in [0, 0.1) is 0 Å². The molecule has 2 rings (SSSR count). The maximum absolute atomic E-state index is 5.37. The fourth-order valence-corrected chi connectivity index (χ4v) is 1.91. The Balaban J connectivity index is 1.90. The Bertz CT molecular complexity index is 411. The Morgan fingerprint density at radius 1 is 1.31 bits per heavy atom. The van der Waals surface area contributed by atoms with Crippen LogP contribution in [0.2, 0.25) is 0 Å². The Kier molecular flexibility index (Phi) is 3.77. The first-order valence-corrected chi connectivity index (χ1v) is 6.16. The van der Waals surface area contributed by atoms with Crippen molar-refractivity contribution in [2.45, 2.75) is 13.5 Å². The lowest BCUT2D eigenvalue weighted by Gasteiger charge is -2.06. The van der Waals surface area contributed by atoms with E-state index in [1.807, 2.05) is 42.1 Å². The van der Waals surface area contributed by atoms with Gasteiger partial charge in [0.1, 0.15) is 5.75 Å². The van der Waals surface area contributed by atoms with Crippen LogP contribution in [0.25, 0.3) is 0 Å². The number of thiazole rings is 1. The van der Waals surface area contributed by atoms with E-state index in [1.54, 1.807) is 11.3 Å². The van der Waals surface area contributed by atoms with Crippen molar-refractivity contribution in [2.24, 2.45) is 0 Å². The Morgan fingerprint density at radius 2 is 2.12 bits per heavy atom. The molecule has 0 spiro atoms. The van der Waals surface area contributed by atoms with E-state index < -0.39 is 0 Å². The standard InChI is InChI=1S/C12H14N2OS/c1-2-15-12-5-3-10(4-6-12)13-7-11-8-16-9-14-11/h3-6,8-9,13H,2,7H2,1H3. The molecule has 0 saturated heterocycles. The SMILES string of the molecule is CCOc1ccc(NCc2cscn2)cc1. The van der Waals surface area contributed by atoms with Gasteiger partial charge in [-0.15, -0.1) is 11.3 Å². The molecular formula is C12H14N2OS. The predicted molar refractivity (Wildman–Crippen MR) is 67.1 cm³/mol. The highest BCUT2D eigenvalue weighted by Gasteiger charge is 1.96. The molecule has 1 heterocycles. The maximum Gasteiger partial charge on any atom is 0.119 e. The van der Waals surface area contributed by atoms with Crippen molar-refractivity contribution in [1.29, 1.82) is 0 Å². The summed E-state index contributed by atoms with van der Waals surface area (Å²) in [5.74, 6) is 0.904. The summed E-state index contributed by atoms with van der Waals surface area (Å²) < 4.78 is 5.37. The third-order valence-electron chi connectivity index (χ3n) is 2.12. The third-order valence-corrected chi connectivity index (χ3v) is 2.76. The minimum Gasteiger partial charge on any atom is -0.494 e. The third kappa shape index (κ3) is 2.97. The molecule has 2 aromatic rings. The van der Waals surface area contributed by atoms with Gasteiger partial charge in [-0.05, 0) is 31.2 Å². The molecule has 0 bridgehead atoms. The van der Waals surface area contributed by atoms with Gasteiger partial charge in [-0.3, -0.25) is 0 Å². The summed E-state index contributed by atoms with van der Waals surface area (Å²) in [6.07, 6.45) is 0. The minimum absolute atomic E-state index is 0.700. The zero-order valence-corrected chi connectivity index (χ0v) is 9.96. The summed E-state index contributed by atoms with van der Waals surface area (Å²) in [5, 5.41) is 5.35. The molecule has 84 valence electrons. The van der Waals surface area contributed by atoms with Crippen LogP contribution < -0.4 is 10.1 Å². The number of nitrogens with one attached hydrogen (secondary N) is 1. The zero-order valence-electron chi connectivity index (χ0n) is 9.14. The molecule has 0 atom stereocenters. The summed E-state index contributed by atoms with van der Waals surface area (Å²) in [6.45, 7) is 3.44. The second kappa shape index (κ2) is 5.51. The second-order valence-electron chi connectivity index (χ2n) is 3.29. The summed E-state index contributed by atoms with van der Waals surface area (Å²) in [4.78, 5) is 4.21. The molecule has 4 heteroatoms. The highest BCUT2D eigenvalue weighted by Crippen LogP contribution is 2.16. The molecule has 16 heavy (non-hydrogen) atoms. The summed E-state index contributed by atoms with van der Waals surface area (Å²) >= 11 is 1.61. The quantitative estimate of drug-likeness (QED) is 0.863. The molecule has 1 N–H and O–H groups in total. The lowest BCUT2D eigenvalue weighted by molar-refractivity contribution is 0.340. The molecule has 0 radical (unpaired) electrons. The van der Waals surface area contributed by atoms with Crippen LogP contribution in [0.4, 0.5) is 5.69 Å². The van der Waals surface area contributed by atoms with E-state index >= 15 is 0 Å². The van der Waals surface area contributed by atoms with Gasteiger partial charge in [0.05, 0.1) is 24.4 Å². The number of hydrogen-bond donors (Lipinski definition) is 1. The highest BCUT2D eigenvalue weighted by atomic mass is 32.1. The first kappa shape index (κ1) is 11.0. The molecule has 0 aliphatic heterocycles. The fourth-order valence-electron chi connectivity index (χ4n) is 1.35. The average molecular weight is 234 g/mol. The first-order valence-electron chi connectivity index (χ1n) is 5.22. The largest absolute Gasteiger partial charge is 0.494 e. The van der Waals surface area contributed by atoms with Gasteiger partial charge in [0.15, 0.2) is 0 Å². The molecule has 0 amide bonds. The maximum atomic E-state index is 5.37. The van der Waals surface area contributed by atoms with Gasteiger partial charge in [0.2, 0.25) is 0 Å². The lowest BCUT2D eigenvalue weighted by atomic mass is 10.3. The number of anilines is 1. The molecule has 0 fully saturated rings. The van der Waals surface area contributed by atoms with Crippen LogP contribution in [0.3, 0.4) is 0 Å². The van der Waals surface area contributed by atoms with E-state index in [4.69, 9.17) is 4.74 Å². The van der Waals surface area contributed by atoms with E-state index in [2.05, 4.69) is 10.3 Å². The number of benzene rings is 1. The second-order valence-corrected chi connectivity index (χ2v) is 4.01. The number of rotatable bonds is 5. The molecule has 0 unspecified atom stereocenters. The fraction of sp³-hybridized carbons (Fsp3) is 0.250. The molecule has 0 aliphatic rings. The van der Waals surface area contributed by atoms with Crippen LogP contribution in [0.5, 0.6) is 5.75 Å². The van der Waals surface area contributed by atoms with Gasteiger partial charge < -0.3 is 10.1 Å². The van der Waals surface area contributed by atoms with Crippen molar-refractivity contribution in [2.75, 3.05) is 11.9 Å². The zero-order chi connectivity index (χ0) is 11.2. The summed E-state index contributed by atoms with van der Waals surface area (Å²) in [6, 6.07) is 7.95. The smallest absolute Gasteiger partial charge is 0.119 e. The molecule has 1 aromatic heterocycles. The van der Waals surface area contributed by atoms with Crippen LogP contribution in [-0.2, 0) is 6.54 Å². The topological polar surface area (TPSA) is 34.1 Å².